The molecule has 1 saturated carbocycles. The number of nitrogens with one attached hydrogen (secondary N) is 2. The molecule has 1 aliphatic carbocycles. The van der Waals surface area contributed by atoms with Gasteiger partial charge in [0.25, 0.3) is 11.6 Å². The summed E-state index contributed by atoms with van der Waals surface area (Å²) in [7, 11) is 0. The van der Waals surface area contributed by atoms with Crippen molar-refractivity contribution < 1.29 is 19.2 Å². The van der Waals surface area contributed by atoms with Gasteiger partial charge in [-0.1, -0.05) is 18.2 Å². The first-order chi connectivity index (χ1) is 14.5. The molecule has 3 N–H and O–H groups in total. The highest BCUT2D eigenvalue weighted by Gasteiger charge is 2.23. The van der Waals surface area contributed by atoms with Crippen molar-refractivity contribution in [2.45, 2.75) is 44.4 Å². The average Bonchev–Trinajstić information content (AvgIpc) is 3.17. The summed E-state index contributed by atoms with van der Waals surface area (Å²) in [6.45, 7) is 0.172. The van der Waals surface area contributed by atoms with E-state index in [1.165, 1.54) is 12.1 Å². The van der Waals surface area contributed by atoms with Crippen molar-refractivity contribution in [3.8, 4) is 0 Å². The van der Waals surface area contributed by atoms with Crippen molar-refractivity contribution in [3.63, 3.8) is 0 Å². The van der Waals surface area contributed by atoms with E-state index in [0.717, 1.165) is 23.8 Å². The van der Waals surface area contributed by atoms with Crippen molar-refractivity contribution in [2.75, 3.05) is 5.32 Å². The fraction of sp³-hybridized carbons (Fsp3) is 0.318. The Hall–Kier alpha value is -3.39. The maximum absolute atomic E-state index is 12.9. The summed E-state index contributed by atoms with van der Waals surface area (Å²) in [6, 6.07) is 13.8. The summed E-state index contributed by atoms with van der Waals surface area (Å²) >= 11 is 0. The number of carbonyl (C=O) groups is 1. The fourth-order valence-electron chi connectivity index (χ4n) is 3.79. The molecule has 0 unspecified atom stereocenters. The van der Waals surface area contributed by atoms with Crippen molar-refractivity contribution in [1.29, 1.82) is 0 Å². The molecular formula is C22H23N3O5. The minimum absolute atomic E-state index is 0.108. The molecule has 1 heterocycles. The molecule has 0 aliphatic heterocycles. The van der Waals surface area contributed by atoms with E-state index in [1.807, 2.05) is 30.3 Å². The van der Waals surface area contributed by atoms with E-state index in [9.17, 15) is 20.0 Å². The summed E-state index contributed by atoms with van der Waals surface area (Å²) in [5, 5.41) is 27.9. The first kappa shape index (κ1) is 19.9. The van der Waals surface area contributed by atoms with Crippen molar-refractivity contribution in [3.05, 3.63) is 70.0 Å². The summed E-state index contributed by atoms with van der Waals surface area (Å²) in [4.78, 5) is 23.6. The van der Waals surface area contributed by atoms with Gasteiger partial charge in [-0.2, -0.15) is 0 Å². The summed E-state index contributed by atoms with van der Waals surface area (Å²) < 4.78 is 5.72. The first-order valence-electron chi connectivity index (χ1n) is 9.98. The molecule has 30 heavy (non-hydrogen) atoms. The van der Waals surface area contributed by atoms with E-state index in [-0.39, 0.29) is 29.9 Å². The zero-order valence-electron chi connectivity index (χ0n) is 16.3. The van der Waals surface area contributed by atoms with E-state index < -0.39 is 10.8 Å². The van der Waals surface area contributed by atoms with Crippen LogP contribution in [-0.2, 0) is 6.54 Å². The second kappa shape index (κ2) is 8.54. The number of hydrogen-bond donors (Lipinski definition) is 3. The Balaban J connectivity index is 1.51. The molecule has 0 spiro atoms. The molecule has 0 saturated heterocycles. The summed E-state index contributed by atoms with van der Waals surface area (Å²) in [5.74, 6) is 0.184. The van der Waals surface area contributed by atoms with Crippen LogP contribution in [0.25, 0.3) is 11.0 Å². The molecule has 1 aromatic heterocycles. The summed E-state index contributed by atoms with van der Waals surface area (Å²) in [5.41, 5.74) is 1.35. The van der Waals surface area contributed by atoms with E-state index in [0.29, 0.717) is 24.3 Å². The maximum atomic E-state index is 12.9. The van der Waals surface area contributed by atoms with Crippen molar-refractivity contribution >= 4 is 28.3 Å². The number of nitrogens with zero attached hydrogens (tertiary/aromatic N) is 1. The first-order valence-corrected chi connectivity index (χ1v) is 9.98. The third kappa shape index (κ3) is 4.44. The zero-order valence-corrected chi connectivity index (χ0v) is 16.3. The molecule has 3 aromatic rings. The Bertz CT molecular complexity index is 1040. The van der Waals surface area contributed by atoms with Crippen LogP contribution in [0.5, 0.6) is 0 Å². The van der Waals surface area contributed by atoms with Crippen LogP contribution in [0.4, 0.5) is 11.4 Å². The Morgan fingerprint density at radius 1 is 1.13 bits per heavy atom. The van der Waals surface area contributed by atoms with Gasteiger partial charge in [0.05, 0.1) is 23.1 Å². The Kier molecular flexibility index (Phi) is 5.67. The minimum atomic E-state index is -0.517. The topological polar surface area (TPSA) is 118 Å². The molecular weight excluding hydrogens is 386 g/mol. The van der Waals surface area contributed by atoms with Gasteiger partial charge in [0.1, 0.15) is 11.3 Å². The van der Waals surface area contributed by atoms with E-state index >= 15 is 0 Å². The van der Waals surface area contributed by atoms with Crippen LogP contribution in [0, 0.1) is 10.1 Å². The maximum Gasteiger partial charge on any atom is 0.270 e. The lowest BCUT2D eigenvalue weighted by atomic mass is 9.92. The number of nitro groups is 1. The number of benzene rings is 2. The van der Waals surface area contributed by atoms with Crippen LogP contribution in [0.3, 0.4) is 0 Å². The highest BCUT2D eigenvalue weighted by Crippen LogP contribution is 2.27. The highest BCUT2D eigenvalue weighted by atomic mass is 16.6. The third-order valence-corrected chi connectivity index (χ3v) is 5.41. The lowest BCUT2D eigenvalue weighted by molar-refractivity contribution is -0.384. The van der Waals surface area contributed by atoms with E-state index in [4.69, 9.17) is 4.42 Å². The Morgan fingerprint density at radius 2 is 1.90 bits per heavy atom. The minimum Gasteiger partial charge on any atom is -0.459 e. The van der Waals surface area contributed by atoms with Crippen LogP contribution in [0.2, 0.25) is 0 Å². The Morgan fingerprint density at radius 3 is 2.63 bits per heavy atom. The highest BCUT2D eigenvalue weighted by molar-refractivity contribution is 6.00. The van der Waals surface area contributed by atoms with Gasteiger partial charge in [0.2, 0.25) is 0 Å². The number of aliphatic hydroxyl groups excluding tert-OH is 1. The molecule has 1 fully saturated rings. The number of non-ortho nitro benzene ring substituents is 1. The molecule has 1 aliphatic rings. The number of para-hydroxylation sites is 1. The second-order valence-corrected chi connectivity index (χ2v) is 7.57. The monoisotopic (exact) mass is 409 g/mol. The van der Waals surface area contributed by atoms with Crippen LogP contribution >= 0.6 is 0 Å². The smallest absolute Gasteiger partial charge is 0.270 e. The predicted octanol–water partition coefficient (Wildman–Crippen LogP) is 3.99. The number of hydrogen-bond acceptors (Lipinski definition) is 6. The second-order valence-electron chi connectivity index (χ2n) is 7.57. The van der Waals surface area contributed by atoms with E-state index in [2.05, 4.69) is 10.6 Å². The third-order valence-electron chi connectivity index (χ3n) is 5.41. The van der Waals surface area contributed by atoms with Gasteiger partial charge in [-0.15, -0.1) is 0 Å². The SMILES string of the molecule is O=C(NCc1cc2ccccc2o1)c1cc([N+](=O)[O-])ccc1NC1CCC(O)CC1. The molecule has 0 atom stereocenters. The number of furan rings is 1. The van der Waals surface area contributed by atoms with Crippen molar-refractivity contribution in [1.82, 2.24) is 5.32 Å². The number of anilines is 1. The predicted molar refractivity (Wildman–Crippen MR) is 112 cm³/mol. The summed E-state index contributed by atoms with van der Waals surface area (Å²) in [6.07, 6.45) is 2.65. The van der Waals surface area contributed by atoms with E-state index in [1.54, 1.807) is 6.07 Å². The zero-order chi connectivity index (χ0) is 21.1. The van der Waals surface area contributed by atoms with Gasteiger partial charge >= 0.3 is 0 Å². The van der Waals surface area contributed by atoms with Gasteiger partial charge in [0.15, 0.2) is 0 Å². The molecule has 8 nitrogen and oxygen atoms in total. The normalized spacial score (nSPS) is 18.8. The molecule has 156 valence electrons. The number of amides is 1. The van der Waals surface area contributed by atoms with Gasteiger partial charge in [-0.05, 0) is 43.9 Å². The molecule has 2 aromatic carbocycles. The van der Waals surface area contributed by atoms with Gasteiger partial charge in [-0.3, -0.25) is 14.9 Å². The standard InChI is InChI=1S/C22H23N3O5/c26-17-8-5-15(6-9-17)24-20-10-7-16(25(28)29)12-19(20)22(27)23-13-18-11-14-3-1-2-4-21(14)30-18/h1-4,7,10-12,15,17,24,26H,5-6,8-9,13H2,(H,23,27). The lowest BCUT2D eigenvalue weighted by Crippen LogP contribution is -2.30. The average molecular weight is 409 g/mol. The van der Waals surface area contributed by atoms with Crippen LogP contribution in [0.1, 0.15) is 41.8 Å². The molecule has 8 heteroatoms. The number of aliphatic hydroxyl groups is 1. The fourth-order valence-corrected chi connectivity index (χ4v) is 3.79. The largest absolute Gasteiger partial charge is 0.459 e. The Labute approximate surface area is 173 Å². The number of rotatable bonds is 6. The number of fused-ring (bicyclic) bond motifs is 1. The van der Waals surface area contributed by atoms with Crippen molar-refractivity contribution in [2.24, 2.45) is 0 Å². The number of nitro benzene ring substituents is 1. The molecule has 1 amide bonds. The number of carbonyl (C=O) groups excluding carboxylic acids is 1. The van der Waals surface area contributed by atoms with Gasteiger partial charge in [0, 0.05) is 29.2 Å². The lowest BCUT2D eigenvalue weighted by Gasteiger charge is -2.27. The molecule has 4 rings (SSSR count). The van der Waals surface area contributed by atoms with Crippen LogP contribution in [-0.4, -0.2) is 28.1 Å². The molecule has 0 radical (unpaired) electrons. The van der Waals surface area contributed by atoms with Crippen LogP contribution < -0.4 is 10.6 Å². The molecule has 0 bridgehead atoms. The van der Waals surface area contributed by atoms with Crippen LogP contribution in [0.15, 0.2) is 52.9 Å². The van der Waals surface area contributed by atoms with Gasteiger partial charge < -0.3 is 20.2 Å². The van der Waals surface area contributed by atoms with Gasteiger partial charge in [-0.25, -0.2) is 0 Å². The quantitative estimate of drug-likeness (QED) is 0.419.